The Morgan fingerprint density at radius 2 is 0.594 bits per heavy atom. The third-order valence-electron chi connectivity index (χ3n) is 7.27. The number of carbonyl (C=O) groups is 5. The van der Waals surface area contributed by atoms with Gasteiger partial charge in [0.2, 0.25) is 0 Å². The Balaban J connectivity index is -0.000000126. The number of hydrogen-bond donors (Lipinski definition) is 23. The largest absolute Gasteiger partial charge is 2.00 e. The predicted octanol–water partition coefficient (Wildman–Crippen LogP) is -20.2. The number of aliphatic hydroxyl groups is 20. The van der Waals surface area contributed by atoms with Gasteiger partial charge in [-0.15, -0.1) is 0 Å². The van der Waals surface area contributed by atoms with Crippen molar-refractivity contribution < 1.29 is 171 Å². The van der Waals surface area contributed by atoms with E-state index < -0.39 is 160 Å². The van der Waals surface area contributed by atoms with E-state index in [1.165, 1.54) is 0 Å². The van der Waals surface area contributed by atoms with Crippen LogP contribution in [0, 0.1) is 0 Å². The molecule has 0 amide bonds. The summed E-state index contributed by atoms with van der Waals surface area (Å²) in [7, 11) is 0. The zero-order valence-electron chi connectivity index (χ0n) is 33.6. The molecule has 64 heavy (non-hydrogen) atoms. The maximum Gasteiger partial charge on any atom is 2.00 e. The molecule has 0 saturated heterocycles. The van der Waals surface area contributed by atoms with Crippen LogP contribution in [0.25, 0.3) is 0 Å². The summed E-state index contributed by atoms with van der Waals surface area (Å²) in [5.41, 5.74) is 10.4. The number of unbranched alkanes of at least 4 members (excludes halogenated alkanes) is 1. The molecule has 25 N–H and O–H groups in total. The Morgan fingerprint density at radius 3 is 0.719 bits per heavy atom. The fraction of sp³-hybridized carbons (Fsp3) is 0.833. The molecule has 0 saturated carbocycles. The summed E-state index contributed by atoms with van der Waals surface area (Å²) in [6, 6.07) is -0.716. The number of hydrogen-bond acceptors (Lipinski definition) is 31. The minimum Gasteiger partial charge on any atom is -0.547 e. The molecule has 0 fully saturated rings. The first-order valence-corrected chi connectivity index (χ1v) is 17.2. The summed E-state index contributed by atoms with van der Waals surface area (Å²) in [5.74, 6) is -8.83. The molecule has 0 spiro atoms. The van der Waals surface area contributed by atoms with Crippen LogP contribution in [0.2, 0.25) is 0 Å². The van der Waals surface area contributed by atoms with Gasteiger partial charge in [-0.1, -0.05) is 6.42 Å². The molecular formula is C30H58CaN2O30Zn. The quantitative estimate of drug-likeness (QED) is 0.0298. The fourth-order valence-electron chi connectivity index (χ4n) is 3.28. The van der Waals surface area contributed by atoms with Crippen molar-refractivity contribution >= 4 is 67.6 Å². The molecule has 34 heteroatoms. The molecule has 0 radical (unpaired) electrons. The van der Waals surface area contributed by atoms with E-state index in [9.17, 15) is 44.4 Å². The van der Waals surface area contributed by atoms with Crippen LogP contribution in [0.4, 0.5) is 0 Å². The maximum atomic E-state index is 10.1. The Bertz CT molecular complexity index is 1070. The van der Waals surface area contributed by atoms with Crippen LogP contribution in [-0.4, -0.2) is 311 Å². The van der Waals surface area contributed by atoms with E-state index in [1.807, 2.05) is 0 Å². The molecule has 0 bridgehead atoms. The first kappa shape index (κ1) is 76.6. The van der Waals surface area contributed by atoms with Gasteiger partial charge >= 0.3 is 63.2 Å². The Kier molecular flexibility index (Phi) is 51.1. The van der Waals surface area contributed by atoms with Crippen LogP contribution < -0.4 is 31.9 Å². The van der Waals surface area contributed by atoms with Gasteiger partial charge in [-0.3, -0.25) is 4.79 Å². The average Bonchev–Trinajstić information content (AvgIpc) is 3.24. The van der Waals surface area contributed by atoms with Gasteiger partial charge in [-0.2, -0.15) is 0 Å². The molecule has 17 atom stereocenters. The Morgan fingerprint density at radius 1 is 0.406 bits per heavy atom. The van der Waals surface area contributed by atoms with Crippen molar-refractivity contribution in [2.75, 3.05) is 33.0 Å². The summed E-state index contributed by atoms with van der Waals surface area (Å²) in [6.45, 7) is -2.85. The second kappa shape index (κ2) is 42.7. The van der Waals surface area contributed by atoms with Crippen LogP contribution >= 0.6 is 0 Å². The number of aliphatic carboxylic acids is 5. The Labute approximate surface area is 404 Å². The number of nitrogens with two attached hydrogens (primary N) is 2. The van der Waals surface area contributed by atoms with E-state index in [0.717, 1.165) is 12.8 Å². The van der Waals surface area contributed by atoms with Crippen molar-refractivity contribution in [1.82, 2.24) is 0 Å². The summed E-state index contributed by atoms with van der Waals surface area (Å²) in [4.78, 5) is 50.1. The van der Waals surface area contributed by atoms with E-state index in [0.29, 0.717) is 13.0 Å². The van der Waals surface area contributed by atoms with Crippen molar-refractivity contribution in [3.8, 4) is 0 Å². The van der Waals surface area contributed by atoms with E-state index in [2.05, 4.69) is 0 Å². The molecule has 0 aliphatic carbocycles. The Hall–Kier alpha value is -1.65. The van der Waals surface area contributed by atoms with Gasteiger partial charge in [0.25, 0.3) is 0 Å². The van der Waals surface area contributed by atoms with Crippen molar-refractivity contribution in [2.45, 2.75) is 123 Å². The smallest absolute Gasteiger partial charge is 0.547 e. The molecule has 0 rings (SSSR count). The van der Waals surface area contributed by atoms with Gasteiger partial charge in [-0.05, 0) is 19.4 Å². The first-order chi connectivity index (χ1) is 28.3. The van der Waals surface area contributed by atoms with E-state index in [1.54, 1.807) is 0 Å². The van der Waals surface area contributed by atoms with Crippen LogP contribution in [0.1, 0.15) is 19.3 Å². The standard InChI is InChI=1S/C6H14N2O2.4C6H12O7.Ca.Zn/c7-4-2-1-3-5(8)6(9)10;4*7-1-2(8)3(9)4(10)5(11)6(12)13;;/h5H,1-4,7-8H2,(H,9,10);4*2-5,7-11H,1H2,(H,12,13);;/q;;;;;2*+2/p-4. The summed E-state index contributed by atoms with van der Waals surface area (Å²) < 4.78 is 0. The van der Waals surface area contributed by atoms with E-state index >= 15 is 0 Å². The van der Waals surface area contributed by atoms with Crippen molar-refractivity contribution in [3.05, 3.63) is 0 Å². The van der Waals surface area contributed by atoms with Gasteiger partial charge in [0.1, 0.15) is 104 Å². The molecular weight excluding hydrogens is 974 g/mol. The van der Waals surface area contributed by atoms with Crippen molar-refractivity contribution in [2.24, 2.45) is 11.5 Å². The molecule has 372 valence electrons. The van der Waals surface area contributed by atoms with E-state index in [-0.39, 0.29) is 57.2 Å². The molecule has 0 aliphatic rings. The number of aliphatic hydroxyl groups excluding tert-OH is 20. The number of rotatable bonds is 25. The molecule has 0 aliphatic heterocycles. The predicted molar refractivity (Wildman–Crippen MR) is 189 cm³/mol. The first-order valence-electron chi connectivity index (χ1n) is 17.2. The topological polar surface area (TPSA) is 654 Å². The number of carboxylic acids is 5. The van der Waals surface area contributed by atoms with Gasteiger partial charge in [-0.25, -0.2) is 0 Å². The van der Waals surface area contributed by atoms with Gasteiger partial charge < -0.3 is 158 Å². The molecule has 0 aromatic rings. The van der Waals surface area contributed by atoms with Gasteiger partial charge in [0.15, 0.2) is 0 Å². The molecule has 0 aromatic carbocycles. The third-order valence-corrected chi connectivity index (χ3v) is 7.27. The van der Waals surface area contributed by atoms with Gasteiger partial charge in [0.05, 0.1) is 50.3 Å². The second-order valence-corrected chi connectivity index (χ2v) is 12.2. The van der Waals surface area contributed by atoms with Gasteiger partial charge in [0, 0.05) is 0 Å². The van der Waals surface area contributed by atoms with Crippen LogP contribution in [0.15, 0.2) is 0 Å². The zero-order valence-corrected chi connectivity index (χ0v) is 38.8. The monoisotopic (exact) mass is 1030 g/mol. The number of carboxylic acid groups (broad SMARTS) is 5. The summed E-state index contributed by atoms with van der Waals surface area (Å²) in [5, 5.41) is 222. The summed E-state index contributed by atoms with van der Waals surface area (Å²) >= 11 is 0. The minimum absolute atomic E-state index is 0. The van der Waals surface area contributed by atoms with Crippen LogP contribution in [-0.2, 0) is 43.5 Å². The minimum atomic E-state index is -2.31. The fourth-order valence-corrected chi connectivity index (χ4v) is 3.28. The SMILES string of the molecule is NCCCCC(N)C(=O)O.O=C([O-])C(O)C(O)C(O)C(O)CO.O=C([O-])C(O)C(O)C(O)C(O)CO.O=C([O-])C(O)C(O)C(O)C(O)CO.O=C([O-])C(O)C(O)C(O)C(O)CO.[Ca+2].[Zn+2]. The normalized spacial score (nSPS) is 18.6. The third kappa shape index (κ3) is 33.8. The number of carbonyl (C=O) groups excluding carboxylic acids is 4. The zero-order chi connectivity index (χ0) is 50.4. The molecule has 17 unspecified atom stereocenters. The molecule has 0 aromatic heterocycles. The average molecular weight is 1030 g/mol. The van der Waals surface area contributed by atoms with Crippen LogP contribution in [0.3, 0.4) is 0 Å². The maximum absolute atomic E-state index is 10.1. The molecule has 32 nitrogen and oxygen atoms in total. The van der Waals surface area contributed by atoms with E-state index in [4.69, 9.17) is 119 Å². The van der Waals surface area contributed by atoms with Crippen molar-refractivity contribution in [3.63, 3.8) is 0 Å². The summed E-state index contributed by atoms with van der Waals surface area (Å²) in [6.07, 6.45) is -30.1. The van der Waals surface area contributed by atoms with Crippen LogP contribution in [0.5, 0.6) is 0 Å². The van der Waals surface area contributed by atoms with Crippen molar-refractivity contribution in [1.29, 1.82) is 0 Å². The molecule has 0 heterocycles. The second-order valence-electron chi connectivity index (χ2n) is 12.2.